The Morgan fingerprint density at radius 3 is 2.27 bits per heavy atom. The van der Waals surface area contributed by atoms with Crippen molar-refractivity contribution in [1.29, 1.82) is 0 Å². The van der Waals surface area contributed by atoms with Crippen LogP contribution in [0.5, 0.6) is 0 Å². The molecule has 4 N–H and O–H groups in total. The first-order chi connectivity index (χ1) is 11.6. The summed E-state index contributed by atoms with van der Waals surface area (Å²) in [6, 6.07) is 3.57. The number of carbonyl (C=O) groups excluding carboxylic acids is 1. The Hall–Kier alpha value is -1.29. The van der Waals surface area contributed by atoms with Gasteiger partial charge in [-0.25, -0.2) is 4.99 Å². The molecule has 150 valence electrons. The van der Waals surface area contributed by atoms with E-state index in [2.05, 4.69) is 20.9 Å². The monoisotopic (exact) mass is 480 g/mol. The fourth-order valence-electron chi connectivity index (χ4n) is 2.00. The van der Waals surface area contributed by atoms with E-state index in [9.17, 15) is 9.90 Å². The van der Waals surface area contributed by atoms with Gasteiger partial charge in [-0.05, 0) is 32.9 Å². The summed E-state index contributed by atoms with van der Waals surface area (Å²) in [6.07, 6.45) is 0. The smallest absolute Gasteiger partial charge is 0.225 e. The maximum Gasteiger partial charge on any atom is 0.225 e. The summed E-state index contributed by atoms with van der Waals surface area (Å²) in [7, 11) is 0. The minimum atomic E-state index is -1.18. The molecule has 1 unspecified atom stereocenters. The van der Waals surface area contributed by atoms with Crippen LogP contribution in [0.25, 0.3) is 0 Å². The van der Waals surface area contributed by atoms with Gasteiger partial charge in [-0.2, -0.15) is 0 Å². The van der Waals surface area contributed by atoms with Crippen molar-refractivity contribution in [3.63, 3.8) is 0 Å². The number of guanidine groups is 1. The van der Waals surface area contributed by atoms with Crippen LogP contribution in [-0.4, -0.2) is 43.2 Å². The topological polar surface area (TPSA) is 98.9 Å². The van der Waals surface area contributed by atoms with Crippen LogP contribution in [0.1, 0.15) is 46.1 Å². The molecule has 1 atom stereocenters. The number of nitrogens with zero attached hydrogens (tertiary/aromatic N) is 1. The van der Waals surface area contributed by atoms with Crippen LogP contribution in [0.4, 0.5) is 0 Å². The van der Waals surface area contributed by atoms with Gasteiger partial charge in [0.05, 0.1) is 6.54 Å². The average molecular weight is 480 g/mol. The molecule has 0 bridgehead atoms. The molecule has 0 saturated carbocycles. The Morgan fingerprint density at radius 2 is 1.77 bits per heavy atom. The second-order valence-corrected chi connectivity index (χ2v) is 7.31. The third-order valence-corrected chi connectivity index (χ3v) is 3.54. The lowest BCUT2D eigenvalue weighted by Crippen LogP contribution is -2.44. The van der Waals surface area contributed by atoms with Gasteiger partial charge in [0.15, 0.2) is 5.96 Å². The van der Waals surface area contributed by atoms with E-state index in [4.69, 9.17) is 4.42 Å². The molecular weight excluding hydrogens is 447 g/mol. The summed E-state index contributed by atoms with van der Waals surface area (Å²) >= 11 is 0. The maximum absolute atomic E-state index is 11.8. The lowest BCUT2D eigenvalue weighted by Gasteiger charge is -2.20. The summed E-state index contributed by atoms with van der Waals surface area (Å²) in [5.74, 6) is 1.82. The summed E-state index contributed by atoms with van der Waals surface area (Å²) in [5.41, 5.74) is -1.59. The molecule has 0 aliphatic rings. The minimum absolute atomic E-state index is 0. The number of nitrogens with one attached hydrogen (secondary N) is 3. The Morgan fingerprint density at radius 1 is 1.15 bits per heavy atom. The number of furan rings is 1. The quantitative estimate of drug-likeness (QED) is 0.208. The molecule has 0 aliphatic carbocycles. The van der Waals surface area contributed by atoms with Gasteiger partial charge in [0.1, 0.15) is 17.1 Å². The standard InChI is InChI=1S/C18H32N4O3.HI/c1-7-19-16(21-11-10-20-15(23)17(3,4)5)22-12-18(6,24)14-9-8-13(2)25-14;/h8-9,24H,7,10-12H2,1-6H3,(H,20,23)(H2,19,21,22);1H. The number of carbonyl (C=O) groups is 1. The summed E-state index contributed by atoms with van der Waals surface area (Å²) in [4.78, 5) is 16.2. The highest BCUT2D eigenvalue weighted by molar-refractivity contribution is 14.0. The first-order valence-corrected chi connectivity index (χ1v) is 8.66. The number of rotatable bonds is 7. The van der Waals surface area contributed by atoms with Gasteiger partial charge in [-0.1, -0.05) is 20.8 Å². The Labute approximate surface area is 173 Å². The lowest BCUT2D eigenvalue weighted by molar-refractivity contribution is -0.128. The van der Waals surface area contributed by atoms with E-state index in [-0.39, 0.29) is 36.4 Å². The van der Waals surface area contributed by atoms with Crippen molar-refractivity contribution in [1.82, 2.24) is 16.0 Å². The Kier molecular flexibility index (Phi) is 10.2. The molecular formula is C18H33IN4O3. The van der Waals surface area contributed by atoms with Crippen LogP contribution in [0.15, 0.2) is 21.5 Å². The number of aliphatic hydroxyl groups is 1. The van der Waals surface area contributed by atoms with E-state index in [1.54, 1.807) is 13.0 Å². The largest absolute Gasteiger partial charge is 0.463 e. The molecule has 0 aliphatic heterocycles. The highest BCUT2D eigenvalue weighted by Crippen LogP contribution is 2.22. The first-order valence-electron chi connectivity index (χ1n) is 8.66. The molecule has 0 spiro atoms. The zero-order chi connectivity index (χ0) is 19.1. The van der Waals surface area contributed by atoms with Gasteiger partial charge in [0.25, 0.3) is 0 Å². The number of hydrogen-bond donors (Lipinski definition) is 4. The first kappa shape index (κ1) is 24.7. The summed E-state index contributed by atoms with van der Waals surface area (Å²) < 4.78 is 5.49. The lowest BCUT2D eigenvalue weighted by atomic mass is 9.96. The number of halogens is 1. The summed E-state index contributed by atoms with van der Waals surface area (Å²) in [6.45, 7) is 13.0. The Balaban J connectivity index is 0.00000625. The zero-order valence-electron chi connectivity index (χ0n) is 16.6. The number of aliphatic imine (C=N–C) groups is 1. The van der Waals surface area contributed by atoms with Crippen LogP contribution in [0, 0.1) is 12.3 Å². The number of aryl methyl sites for hydroxylation is 1. The average Bonchev–Trinajstić information content (AvgIpc) is 2.95. The second kappa shape index (κ2) is 10.8. The molecule has 7 nitrogen and oxygen atoms in total. The van der Waals surface area contributed by atoms with E-state index >= 15 is 0 Å². The van der Waals surface area contributed by atoms with E-state index < -0.39 is 11.0 Å². The van der Waals surface area contributed by atoms with Gasteiger partial charge in [0.2, 0.25) is 5.91 Å². The highest BCUT2D eigenvalue weighted by Gasteiger charge is 2.26. The molecule has 1 rings (SSSR count). The van der Waals surface area contributed by atoms with Crippen LogP contribution in [0.2, 0.25) is 0 Å². The van der Waals surface area contributed by atoms with E-state index in [1.165, 1.54) is 0 Å². The van der Waals surface area contributed by atoms with E-state index in [0.29, 0.717) is 31.4 Å². The third kappa shape index (κ3) is 8.39. The Bertz CT molecular complexity index is 592. The van der Waals surface area contributed by atoms with Crippen molar-refractivity contribution in [3.8, 4) is 0 Å². The second-order valence-electron chi connectivity index (χ2n) is 7.31. The molecule has 26 heavy (non-hydrogen) atoms. The van der Waals surface area contributed by atoms with Crippen molar-refractivity contribution in [2.75, 3.05) is 26.2 Å². The number of hydrogen-bond acceptors (Lipinski definition) is 4. The molecule has 8 heteroatoms. The SMILES string of the molecule is CCNC(=NCC(C)(O)c1ccc(C)o1)NCCNC(=O)C(C)(C)C.I. The fraction of sp³-hybridized carbons (Fsp3) is 0.667. The van der Waals surface area contributed by atoms with Gasteiger partial charge >= 0.3 is 0 Å². The molecule has 0 radical (unpaired) electrons. The van der Waals surface area contributed by atoms with Crippen LogP contribution in [-0.2, 0) is 10.4 Å². The number of amides is 1. The van der Waals surface area contributed by atoms with E-state index in [1.807, 2.05) is 40.7 Å². The zero-order valence-corrected chi connectivity index (χ0v) is 18.9. The fourth-order valence-corrected chi connectivity index (χ4v) is 2.00. The third-order valence-electron chi connectivity index (χ3n) is 3.54. The van der Waals surface area contributed by atoms with Gasteiger partial charge in [0, 0.05) is 25.0 Å². The van der Waals surface area contributed by atoms with Crippen molar-refractivity contribution >= 4 is 35.8 Å². The highest BCUT2D eigenvalue weighted by atomic mass is 127. The van der Waals surface area contributed by atoms with Crippen molar-refractivity contribution in [2.24, 2.45) is 10.4 Å². The van der Waals surface area contributed by atoms with Gasteiger partial charge < -0.3 is 25.5 Å². The molecule has 1 amide bonds. The summed E-state index contributed by atoms with van der Waals surface area (Å²) in [5, 5.41) is 19.7. The molecule has 0 fully saturated rings. The van der Waals surface area contributed by atoms with Crippen LogP contribution in [0.3, 0.4) is 0 Å². The van der Waals surface area contributed by atoms with Crippen LogP contribution < -0.4 is 16.0 Å². The molecule has 1 aromatic heterocycles. The normalized spacial score (nSPS) is 14.2. The minimum Gasteiger partial charge on any atom is -0.463 e. The molecule has 1 heterocycles. The van der Waals surface area contributed by atoms with Gasteiger partial charge in [-0.3, -0.25) is 4.79 Å². The predicted octanol–water partition coefficient (Wildman–Crippen LogP) is 2.13. The van der Waals surface area contributed by atoms with Crippen LogP contribution >= 0.6 is 24.0 Å². The van der Waals surface area contributed by atoms with Crippen molar-refractivity contribution in [3.05, 3.63) is 23.7 Å². The van der Waals surface area contributed by atoms with Gasteiger partial charge in [-0.15, -0.1) is 24.0 Å². The molecule has 1 aromatic rings. The maximum atomic E-state index is 11.8. The van der Waals surface area contributed by atoms with E-state index in [0.717, 1.165) is 5.76 Å². The predicted molar refractivity (Wildman–Crippen MR) is 115 cm³/mol. The van der Waals surface area contributed by atoms with Crippen molar-refractivity contribution < 1.29 is 14.3 Å². The molecule has 0 saturated heterocycles. The molecule has 0 aromatic carbocycles. The van der Waals surface area contributed by atoms with Crippen molar-refractivity contribution in [2.45, 2.75) is 47.1 Å².